The van der Waals surface area contributed by atoms with Gasteiger partial charge in [-0.1, -0.05) is 0 Å². The summed E-state index contributed by atoms with van der Waals surface area (Å²) in [6.45, 7) is -0.197. The van der Waals surface area contributed by atoms with Crippen LogP contribution in [0, 0.1) is 10.1 Å². The van der Waals surface area contributed by atoms with E-state index >= 15 is 0 Å². The van der Waals surface area contributed by atoms with Crippen molar-refractivity contribution in [1.82, 2.24) is 0 Å². The molecule has 0 spiro atoms. The van der Waals surface area contributed by atoms with E-state index in [0.29, 0.717) is 0 Å². The third kappa shape index (κ3) is 4.29. The van der Waals surface area contributed by atoms with Gasteiger partial charge in [-0.05, 0) is 0 Å². The number of non-ortho nitro benzene ring substituents is 1. The summed E-state index contributed by atoms with van der Waals surface area (Å²) in [5.74, 6) is -1.16. The van der Waals surface area contributed by atoms with E-state index in [0.717, 1.165) is 19.2 Å². The van der Waals surface area contributed by atoms with E-state index in [1.54, 1.807) is 0 Å². The van der Waals surface area contributed by atoms with E-state index in [1.807, 2.05) is 0 Å². The van der Waals surface area contributed by atoms with Gasteiger partial charge in [0.05, 0.1) is 31.1 Å². The number of hydrogen-bond donors (Lipinski definition) is 2. The van der Waals surface area contributed by atoms with Gasteiger partial charge in [-0.2, -0.15) is 0 Å². The summed E-state index contributed by atoms with van der Waals surface area (Å²) in [7, 11) is -3.12. The molecule has 0 heterocycles. The zero-order chi connectivity index (χ0) is 16.2. The van der Waals surface area contributed by atoms with Crippen molar-refractivity contribution in [3.63, 3.8) is 0 Å². The highest BCUT2D eigenvalue weighted by Gasteiger charge is 2.25. The number of sulfonamides is 1. The van der Waals surface area contributed by atoms with E-state index in [9.17, 15) is 23.3 Å². The number of ether oxygens (including phenoxy) is 2. The highest BCUT2D eigenvalue weighted by molar-refractivity contribution is 7.89. The predicted molar refractivity (Wildman–Crippen MR) is 70.3 cm³/mol. The maximum atomic E-state index is 11.5. The van der Waals surface area contributed by atoms with Gasteiger partial charge in [0.1, 0.15) is 4.90 Å². The van der Waals surface area contributed by atoms with Crippen LogP contribution < -0.4 is 20.3 Å². The molecule has 1 aromatic rings. The monoisotopic (exact) mass is 319 g/mol. The van der Waals surface area contributed by atoms with Crippen LogP contribution in [-0.4, -0.2) is 33.0 Å². The fraction of sp³-hybridized carbons (Fsp3) is 0.300. The number of rotatable bonds is 7. The molecule has 1 aromatic carbocycles. The first-order valence-electron chi connectivity index (χ1n) is 5.47. The minimum Gasteiger partial charge on any atom is -0.492 e. The fourth-order valence-electron chi connectivity index (χ4n) is 1.45. The molecule has 10 nitrogen and oxygen atoms in total. The topological polar surface area (TPSA) is 165 Å². The molecule has 0 unspecified atom stereocenters. The zero-order valence-corrected chi connectivity index (χ0v) is 11.8. The molecule has 21 heavy (non-hydrogen) atoms. The molecule has 0 aliphatic heterocycles. The van der Waals surface area contributed by atoms with Crippen molar-refractivity contribution in [1.29, 1.82) is 0 Å². The van der Waals surface area contributed by atoms with E-state index in [4.69, 9.17) is 20.3 Å². The van der Waals surface area contributed by atoms with Crippen LogP contribution in [0.1, 0.15) is 6.42 Å². The third-order valence-corrected chi connectivity index (χ3v) is 3.25. The third-order valence-electron chi connectivity index (χ3n) is 2.33. The number of methoxy groups -OCH3 is 1. The highest BCUT2D eigenvalue weighted by atomic mass is 32.2. The van der Waals surface area contributed by atoms with E-state index in [2.05, 4.69) is 0 Å². The molecule has 0 atom stereocenters. The van der Waals surface area contributed by atoms with Gasteiger partial charge in [0.15, 0.2) is 11.5 Å². The second-order valence-electron chi connectivity index (χ2n) is 3.84. The van der Waals surface area contributed by atoms with Crippen molar-refractivity contribution in [3.8, 4) is 11.5 Å². The maximum absolute atomic E-state index is 11.5. The second-order valence-corrected chi connectivity index (χ2v) is 5.37. The van der Waals surface area contributed by atoms with Crippen LogP contribution in [0.15, 0.2) is 17.0 Å². The maximum Gasteiger partial charge on any atom is 0.274 e. The van der Waals surface area contributed by atoms with Crippen LogP contribution in [-0.2, 0) is 14.8 Å². The summed E-state index contributed by atoms with van der Waals surface area (Å²) in [5.41, 5.74) is 4.38. The number of nitro benzene ring substituents is 1. The Hall–Kier alpha value is -2.40. The summed E-state index contributed by atoms with van der Waals surface area (Å²) in [6, 6.07) is 1.73. The number of nitro groups is 1. The number of benzene rings is 1. The molecule has 0 aliphatic rings. The summed E-state index contributed by atoms with van der Waals surface area (Å²) in [4.78, 5) is 20.0. The number of carbonyl (C=O) groups excluding carboxylic acids is 1. The van der Waals surface area contributed by atoms with Crippen LogP contribution in [0.5, 0.6) is 11.5 Å². The van der Waals surface area contributed by atoms with Gasteiger partial charge in [-0.3, -0.25) is 14.9 Å². The first-order chi connectivity index (χ1) is 9.66. The molecule has 0 radical (unpaired) electrons. The Morgan fingerprint density at radius 1 is 1.43 bits per heavy atom. The summed E-state index contributed by atoms with van der Waals surface area (Å²) < 4.78 is 32.9. The Kier molecular flexibility index (Phi) is 5.05. The number of nitrogens with zero attached hydrogens (tertiary/aromatic N) is 1. The second kappa shape index (κ2) is 6.37. The van der Waals surface area contributed by atoms with Gasteiger partial charge in [0.2, 0.25) is 15.9 Å². The lowest BCUT2D eigenvalue weighted by atomic mass is 10.2. The van der Waals surface area contributed by atoms with Crippen LogP contribution in [0.3, 0.4) is 0 Å². The lowest BCUT2D eigenvalue weighted by Gasteiger charge is -2.13. The van der Waals surface area contributed by atoms with Gasteiger partial charge in [0, 0.05) is 6.07 Å². The van der Waals surface area contributed by atoms with Gasteiger partial charge >= 0.3 is 0 Å². The van der Waals surface area contributed by atoms with Crippen LogP contribution in [0.2, 0.25) is 0 Å². The van der Waals surface area contributed by atoms with Gasteiger partial charge in [0.25, 0.3) is 5.69 Å². The zero-order valence-electron chi connectivity index (χ0n) is 10.9. The summed E-state index contributed by atoms with van der Waals surface area (Å²) in [5, 5.41) is 15.8. The van der Waals surface area contributed by atoms with Crippen molar-refractivity contribution < 1.29 is 27.6 Å². The van der Waals surface area contributed by atoms with Crippen molar-refractivity contribution >= 4 is 21.6 Å². The van der Waals surface area contributed by atoms with Crippen LogP contribution >= 0.6 is 0 Å². The van der Waals surface area contributed by atoms with Crippen molar-refractivity contribution in [3.05, 3.63) is 22.2 Å². The smallest absolute Gasteiger partial charge is 0.274 e. The number of primary amides is 1. The molecule has 0 aliphatic carbocycles. The van der Waals surface area contributed by atoms with E-state index < -0.39 is 31.4 Å². The minimum atomic E-state index is -4.27. The van der Waals surface area contributed by atoms with Crippen molar-refractivity contribution in [2.45, 2.75) is 11.3 Å². The molecule has 1 rings (SSSR count). The average molecular weight is 319 g/mol. The molecule has 11 heteroatoms. The first-order valence-corrected chi connectivity index (χ1v) is 7.01. The van der Waals surface area contributed by atoms with Gasteiger partial charge in [-0.25, -0.2) is 13.6 Å². The quantitative estimate of drug-likeness (QED) is 0.505. The fourth-order valence-corrected chi connectivity index (χ4v) is 2.18. The standard InChI is InChI=1S/C10H13N3O7S/c1-19-10-7(20-3-2-9(11)14)4-6(13(15)16)5-8(10)21(12,17)18/h4-5H,2-3H2,1H3,(H2,11,14)(H2,12,17,18). The normalized spacial score (nSPS) is 11.0. The molecule has 4 N–H and O–H groups in total. The molecule has 0 aromatic heterocycles. The lowest BCUT2D eigenvalue weighted by Crippen LogP contribution is -2.16. The molecule has 0 saturated heterocycles. The van der Waals surface area contributed by atoms with Crippen LogP contribution in [0.25, 0.3) is 0 Å². The van der Waals surface area contributed by atoms with Gasteiger partial charge < -0.3 is 15.2 Å². The van der Waals surface area contributed by atoms with E-state index in [1.165, 1.54) is 0 Å². The van der Waals surface area contributed by atoms with Gasteiger partial charge in [-0.15, -0.1) is 0 Å². The Labute approximate surface area is 119 Å². The molecular weight excluding hydrogens is 306 g/mol. The number of amides is 1. The molecule has 0 fully saturated rings. The highest BCUT2D eigenvalue weighted by Crippen LogP contribution is 2.37. The SMILES string of the molecule is COc1c(OCCC(N)=O)cc([N+](=O)[O-])cc1S(N)(=O)=O. The number of nitrogens with two attached hydrogens (primary N) is 2. The van der Waals surface area contributed by atoms with Crippen molar-refractivity contribution in [2.75, 3.05) is 13.7 Å². The Morgan fingerprint density at radius 3 is 2.48 bits per heavy atom. The Morgan fingerprint density at radius 2 is 2.05 bits per heavy atom. The van der Waals surface area contributed by atoms with Crippen molar-refractivity contribution in [2.24, 2.45) is 10.9 Å². The molecule has 116 valence electrons. The lowest BCUT2D eigenvalue weighted by molar-refractivity contribution is -0.385. The predicted octanol–water partition coefficient (Wildman–Crippen LogP) is -0.495. The van der Waals surface area contributed by atoms with E-state index in [-0.39, 0.29) is 24.5 Å². The molecule has 0 saturated carbocycles. The summed E-state index contributed by atoms with van der Waals surface area (Å²) in [6.07, 6.45) is -0.156. The largest absolute Gasteiger partial charge is 0.492 e. The molecule has 1 amide bonds. The Balaban J connectivity index is 3.35. The Bertz CT molecular complexity index is 671. The van der Waals surface area contributed by atoms with Crippen LogP contribution in [0.4, 0.5) is 5.69 Å². The summed E-state index contributed by atoms with van der Waals surface area (Å²) >= 11 is 0. The number of carbonyl (C=O) groups is 1. The number of primary sulfonamides is 1. The first kappa shape index (κ1) is 16.7. The molecular formula is C10H13N3O7S. The average Bonchev–Trinajstić information content (AvgIpc) is 2.36. The molecule has 0 bridgehead atoms. The minimum absolute atomic E-state index is 0.156. The number of hydrogen-bond acceptors (Lipinski definition) is 7.